The summed E-state index contributed by atoms with van der Waals surface area (Å²) in [5, 5.41) is 2.85. The zero-order chi connectivity index (χ0) is 19.5. The second-order valence-electron chi connectivity index (χ2n) is 6.23. The molecule has 2 aromatic carbocycles. The van der Waals surface area contributed by atoms with Crippen LogP contribution in [0.15, 0.2) is 45.8 Å². The first-order valence-electron chi connectivity index (χ1n) is 8.27. The standard InChI is InChI=1S/C19H23BrN2O3S/c1-5-15-11-16(20)10-14(3)19(15)21-18(23)12-22(4)26(24,25)17-8-6-13(2)7-9-17/h6-11H,5,12H2,1-4H3,(H,21,23). The van der Waals surface area contributed by atoms with Gasteiger partial charge in [-0.1, -0.05) is 40.5 Å². The second-order valence-corrected chi connectivity index (χ2v) is 9.19. The van der Waals surface area contributed by atoms with E-state index in [2.05, 4.69) is 21.2 Å². The molecule has 0 unspecified atom stereocenters. The Labute approximate surface area is 163 Å². The molecule has 0 atom stereocenters. The number of aryl methyl sites for hydroxylation is 3. The van der Waals surface area contributed by atoms with Crippen molar-refractivity contribution in [3.63, 3.8) is 0 Å². The third kappa shape index (κ3) is 4.72. The van der Waals surface area contributed by atoms with Crippen molar-refractivity contribution in [1.29, 1.82) is 0 Å². The Kier molecular flexibility index (Phi) is 6.60. The lowest BCUT2D eigenvalue weighted by atomic mass is 10.1. The number of nitrogens with zero attached hydrogens (tertiary/aromatic N) is 1. The molecule has 0 heterocycles. The van der Waals surface area contributed by atoms with Crippen molar-refractivity contribution in [3.05, 3.63) is 57.6 Å². The molecule has 0 aromatic heterocycles. The Bertz CT molecular complexity index is 909. The zero-order valence-electron chi connectivity index (χ0n) is 15.3. The third-order valence-corrected chi connectivity index (χ3v) is 6.40. The molecule has 2 aromatic rings. The van der Waals surface area contributed by atoms with Gasteiger partial charge in [-0.2, -0.15) is 4.31 Å². The minimum atomic E-state index is -3.71. The number of hydrogen-bond acceptors (Lipinski definition) is 3. The van der Waals surface area contributed by atoms with Crippen molar-refractivity contribution in [2.75, 3.05) is 18.9 Å². The van der Waals surface area contributed by atoms with Gasteiger partial charge in [0.1, 0.15) is 0 Å². The van der Waals surface area contributed by atoms with E-state index in [4.69, 9.17) is 0 Å². The summed E-state index contributed by atoms with van der Waals surface area (Å²) in [7, 11) is -2.30. The highest BCUT2D eigenvalue weighted by Crippen LogP contribution is 2.26. The van der Waals surface area contributed by atoms with Crippen molar-refractivity contribution in [3.8, 4) is 0 Å². The molecule has 1 amide bonds. The number of carbonyl (C=O) groups excluding carboxylic acids is 1. The normalized spacial score (nSPS) is 11.6. The average molecular weight is 439 g/mol. The number of anilines is 1. The fourth-order valence-corrected chi connectivity index (χ4v) is 4.37. The van der Waals surface area contributed by atoms with Gasteiger partial charge in [0, 0.05) is 17.2 Å². The first kappa shape index (κ1) is 20.6. The minimum Gasteiger partial charge on any atom is -0.324 e. The van der Waals surface area contributed by atoms with E-state index in [9.17, 15) is 13.2 Å². The quantitative estimate of drug-likeness (QED) is 0.743. The van der Waals surface area contributed by atoms with Gasteiger partial charge in [0.25, 0.3) is 0 Å². The van der Waals surface area contributed by atoms with Crippen molar-refractivity contribution in [2.45, 2.75) is 32.1 Å². The van der Waals surface area contributed by atoms with Gasteiger partial charge in [-0.25, -0.2) is 8.42 Å². The first-order chi connectivity index (χ1) is 12.1. The van der Waals surface area contributed by atoms with E-state index in [1.807, 2.05) is 32.9 Å². The highest BCUT2D eigenvalue weighted by atomic mass is 79.9. The summed E-state index contributed by atoms with van der Waals surface area (Å²) in [6.07, 6.45) is 0.757. The highest BCUT2D eigenvalue weighted by molar-refractivity contribution is 9.10. The van der Waals surface area contributed by atoms with Crippen LogP contribution in [0.25, 0.3) is 0 Å². The van der Waals surface area contributed by atoms with Crippen molar-refractivity contribution in [1.82, 2.24) is 4.31 Å². The molecular weight excluding hydrogens is 416 g/mol. The monoisotopic (exact) mass is 438 g/mol. The molecule has 2 rings (SSSR count). The summed E-state index contributed by atoms with van der Waals surface area (Å²) in [6, 6.07) is 10.4. The van der Waals surface area contributed by atoms with Crippen LogP contribution in [0.1, 0.15) is 23.6 Å². The van der Waals surface area contributed by atoms with E-state index in [1.165, 1.54) is 7.05 Å². The molecule has 0 aliphatic carbocycles. The smallest absolute Gasteiger partial charge is 0.243 e. The Morgan fingerprint density at radius 2 is 1.77 bits per heavy atom. The average Bonchev–Trinajstić information content (AvgIpc) is 2.57. The highest BCUT2D eigenvalue weighted by Gasteiger charge is 2.23. The van der Waals surface area contributed by atoms with Crippen LogP contribution in [0.4, 0.5) is 5.69 Å². The minimum absolute atomic E-state index is 0.174. The summed E-state index contributed by atoms with van der Waals surface area (Å²) in [6.45, 7) is 5.55. The third-order valence-electron chi connectivity index (χ3n) is 4.12. The maximum atomic E-state index is 12.6. The number of halogens is 1. The van der Waals surface area contributed by atoms with Gasteiger partial charge in [0.15, 0.2) is 0 Å². The zero-order valence-corrected chi connectivity index (χ0v) is 17.7. The van der Waals surface area contributed by atoms with Crippen LogP contribution in [-0.2, 0) is 21.2 Å². The Morgan fingerprint density at radius 3 is 2.35 bits per heavy atom. The summed E-state index contributed by atoms with van der Waals surface area (Å²) < 4.78 is 27.2. The number of likely N-dealkylation sites (N-methyl/N-ethyl adjacent to an activating group) is 1. The predicted octanol–water partition coefficient (Wildman–Crippen LogP) is 3.89. The largest absolute Gasteiger partial charge is 0.324 e. The second kappa shape index (κ2) is 8.33. The molecule has 0 radical (unpaired) electrons. The maximum absolute atomic E-state index is 12.6. The molecule has 0 fully saturated rings. The number of rotatable bonds is 6. The molecule has 0 saturated carbocycles. The van der Waals surface area contributed by atoms with Crippen molar-refractivity contribution >= 4 is 37.5 Å². The molecule has 7 heteroatoms. The van der Waals surface area contributed by atoms with Gasteiger partial charge in [-0.15, -0.1) is 0 Å². The summed E-state index contributed by atoms with van der Waals surface area (Å²) in [5.41, 5.74) is 3.63. The fraction of sp³-hybridized carbons (Fsp3) is 0.316. The van der Waals surface area contributed by atoms with Crippen molar-refractivity contribution in [2.24, 2.45) is 0 Å². The van der Waals surface area contributed by atoms with E-state index < -0.39 is 10.0 Å². The fourth-order valence-electron chi connectivity index (χ4n) is 2.63. The SMILES string of the molecule is CCc1cc(Br)cc(C)c1NC(=O)CN(C)S(=O)(=O)c1ccc(C)cc1. The molecule has 140 valence electrons. The molecule has 0 bridgehead atoms. The van der Waals surface area contributed by atoms with Gasteiger partial charge >= 0.3 is 0 Å². The van der Waals surface area contributed by atoms with E-state index >= 15 is 0 Å². The van der Waals surface area contributed by atoms with Gasteiger partial charge in [0.2, 0.25) is 15.9 Å². The Hall–Kier alpha value is -1.70. The molecule has 0 saturated heterocycles. The molecular formula is C19H23BrN2O3S. The number of amides is 1. The van der Waals surface area contributed by atoms with E-state index in [-0.39, 0.29) is 17.3 Å². The topological polar surface area (TPSA) is 66.5 Å². The van der Waals surface area contributed by atoms with Gasteiger partial charge in [-0.3, -0.25) is 4.79 Å². The molecule has 0 aliphatic rings. The van der Waals surface area contributed by atoms with Gasteiger partial charge < -0.3 is 5.32 Å². The summed E-state index contributed by atoms with van der Waals surface area (Å²) >= 11 is 3.45. The van der Waals surface area contributed by atoms with E-state index in [0.29, 0.717) is 0 Å². The van der Waals surface area contributed by atoms with Crippen LogP contribution in [-0.4, -0.2) is 32.2 Å². The molecule has 0 aliphatic heterocycles. The molecule has 26 heavy (non-hydrogen) atoms. The number of benzene rings is 2. The number of carbonyl (C=O) groups is 1. The maximum Gasteiger partial charge on any atom is 0.243 e. The lowest BCUT2D eigenvalue weighted by Gasteiger charge is -2.19. The number of nitrogens with one attached hydrogen (secondary N) is 1. The van der Waals surface area contributed by atoms with Crippen molar-refractivity contribution < 1.29 is 13.2 Å². The summed E-state index contributed by atoms with van der Waals surface area (Å²) in [4.78, 5) is 12.6. The summed E-state index contributed by atoms with van der Waals surface area (Å²) in [5.74, 6) is -0.372. The number of hydrogen-bond donors (Lipinski definition) is 1. The lowest BCUT2D eigenvalue weighted by Crippen LogP contribution is -2.35. The van der Waals surface area contributed by atoms with E-state index in [0.717, 1.165) is 37.6 Å². The molecule has 1 N–H and O–H groups in total. The van der Waals surface area contributed by atoms with Crippen LogP contribution >= 0.6 is 15.9 Å². The lowest BCUT2D eigenvalue weighted by molar-refractivity contribution is -0.116. The number of sulfonamides is 1. The van der Waals surface area contributed by atoms with Crippen LogP contribution in [0, 0.1) is 13.8 Å². The molecule has 0 spiro atoms. The van der Waals surface area contributed by atoms with Crippen LogP contribution < -0.4 is 5.32 Å². The van der Waals surface area contributed by atoms with Crippen LogP contribution in [0.2, 0.25) is 0 Å². The Balaban J connectivity index is 2.16. The van der Waals surface area contributed by atoms with Crippen LogP contribution in [0.3, 0.4) is 0 Å². The van der Waals surface area contributed by atoms with Gasteiger partial charge in [0.05, 0.1) is 11.4 Å². The van der Waals surface area contributed by atoms with E-state index in [1.54, 1.807) is 24.3 Å². The Morgan fingerprint density at radius 1 is 1.15 bits per heavy atom. The van der Waals surface area contributed by atoms with Crippen LogP contribution in [0.5, 0.6) is 0 Å². The predicted molar refractivity (Wildman–Crippen MR) is 108 cm³/mol. The first-order valence-corrected chi connectivity index (χ1v) is 10.5. The van der Waals surface area contributed by atoms with Gasteiger partial charge in [-0.05, 0) is 55.7 Å². The molecule has 5 nitrogen and oxygen atoms in total.